The SMILES string of the molecule is CC1(OS(=O)OC2(C)CCC(F)CC2)CCC(F)CC1. The molecule has 0 atom stereocenters. The smallest absolute Gasteiger partial charge is 0.262 e. The summed E-state index contributed by atoms with van der Waals surface area (Å²) in [5.74, 6) is 0. The van der Waals surface area contributed by atoms with Gasteiger partial charge in [0.2, 0.25) is 0 Å². The molecule has 0 aromatic heterocycles. The quantitative estimate of drug-likeness (QED) is 0.789. The van der Waals surface area contributed by atoms with Crippen LogP contribution < -0.4 is 0 Å². The van der Waals surface area contributed by atoms with Crippen molar-refractivity contribution in [3.63, 3.8) is 0 Å². The Hall–Kier alpha value is -0.0700. The lowest BCUT2D eigenvalue weighted by atomic mass is 9.86. The van der Waals surface area contributed by atoms with E-state index in [0.29, 0.717) is 51.4 Å². The van der Waals surface area contributed by atoms with Gasteiger partial charge in [-0.3, -0.25) is 8.37 Å². The molecule has 0 spiro atoms. The van der Waals surface area contributed by atoms with Crippen LogP contribution in [0.2, 0.25) is 0 Å². The van der Waals surface area contributed by atoms with E-state index in [9.17, 15) is 13.0 Å². The molecule has 0 aliphatic heterocycles. The second-order valence-corrected chi connectivity index (χ2v) is 7.36. The van der Waals surface area contributed by atoms with E-state index in [1.54, 1.807) is 0 Å². The second kappa shape index (κ2) is 6.36. The number of halogens is 2. The van der Waals surface area contributed by atoms with Crippen LogP contribution in [0.15, 0.2) is 0 Å². The molecule has 20 heavy (non-hydrogen) atoms. The Labute approximate surface area is 122 Å². The van der Waals surface area contributed by atoms with Crippen molar-refractivity contribution in [3.8, 4) is 0 Å². The van der Waals surface area contributed by atoms with E-state index in [2.05, 4.69) is 0 Å². The molecule has 0 heterocycles. The lowest BCUT2D eigenvalue weighted by Gasteiger charge is -2.37. The van der Waals surface area contributed by atoms with Crippen LogP contribution in [0.5, 0.6) is 0 Å². The van der Waals surface area contributed by atoms with Gasteiger partial charge in [-0.05, 0) is 65.2 Å². The van der Waals surface area contributed by atoms with Gasteiger partial charge < -0.3 is 0 Å². The van der Waals surface area contributed by atoms with Crippen molar-refractivity contribution in [2.45, 2.75) is 88.8 Å². The molecule has 0 saturated heterocycles. The first-order chi connectivity index (χ1) is 9.30. The monoisotopic (exact) mass is 310 g/mol. The molecule has 0 radical (unpaired) electrons. The Balaban J connectivity index is 1.83. The molecule has 3 nitrogen and oxygen atoms in total. The van der Waals surface area contributed by atoms with E-state index < -0.39 is 34.9 Å². The molecule has 0 bridgehead atoms. The first-order valence-corrected chi connectivity index (χ1v) is 8.39. The van der Waals surface area contributed by atoms with Crippen molar-refractivity contribution in [1.29, 1.82) is 0 Å². The molecule has 0 aromatic rings. The fourth-order valence-corrected chi connectivity index (χ4v) is 3.92. The van der Waals surface area contributed by atoms with Crippen LogP contribution in [-0.4, -0.2) is 27.8 Å². The summed E-state index contributed by atoms with van der Waals surface area (Å²) >= 11 is -1.86. The van der Waals surface area contributed by atoms with Gasteiger partial charge >= 0.3 is 11.4 Å². The molecule has 118 valence electrons. The van der Waals surface area contributed by atoms with Gasteiger partial charge in [0.05, 0.1) is 11.2 Å². The Bertz CT molecular complexity index is 316. The average Bonchev–Trinajstić information content (AvgIpc) is 2.37. The van der Waals surface area contributed by atoms with Crippen LogP contribution in [0.4, 0.5) is 8.78 Å². The molecule has 0 unspecified atom stereocenters. The average molecular weight is 310 g/mol. The van der Waals surface area contributed by atoms with Gasteiger partial charge in [0, 0.05) is 0 Å². The van der Waals surface area contributed by atoms with Crippen LogP contribution in [0, 0.1) is 0 Å². The summed E-state index contributed by atoms with van der Waals surface area (Å²) in [6.45, 7) is 3.70. The summed E-state index contributed by atoms with van der Waals surface area (Å²) in [5.41, 5.74) is -1.16. The standard InChI is InChI=1S/C14H24F2O3S/c1-13(7-3-11(15)4-8-13)18-20(17)19-14(2)9-5-12(16)6-10-14/h11-12H,3-10H2,1-2H3. The van der Waals surface area contributed by atoms with E-state index in [1.165, 1.54) is 0 Å². The fourth-order valence-electron chi connectivity index (χ4n) is 2.90. The summed E-state index contributed by atoms with van der Waals surface area (Å²) in [6, 6.07) is 0. The minimum Gasteiger partial charge on any atom is -0.262 e. The third kappa shape index (κ3) is 4.46. The first-order valence-electron chi connectivity index (χ1n) is 7.39. The van der Waals surface area contributed by atoms with Gasteiger partial charge in [0.25, 0.3) is 0 Å². The minimum atomic E-state index is -1.86. The summed E-state index contributed by atoms with van der Waals surface area (Å²) in [7, 11) is 0. The Kier molecular flexibility index (Phi) is 5.19. The zero-order valence-electron chi connectivity index (χ0n) is 12.2. The zero-order chi connectivity index (χ0) is 14.8. The third-order valence-corrected chi connectivity index (χ3v) is 5.56. The molecule has 2 rings (SSSR count). The number of rotatable bonds is 4. The lowest BCUT2D eigenvalue weighted by Crippen LogP contribution is -2.39. The first kappa shape index (κ1) is 16.3. The molecule has 0 amide bonds. The molecule has 2 aliphatic rings. The molecular weight excluding hydrogens is 286 g/mol. The highest BCUT2D eigenvalue weighted by Gasteiger charge is 2.38. The number of hydrogen-bond acceptors (Lipinski definition) is 3. The van der Waals surface area contributed by atoms with Gasteiger partial charge in [-0.2, -0.15) is 4.21 Å². The molecule has 2 aliphatic carbocycles. The topological polar surface area (TPSA) is 35.5 Å². The predicted molar refractivity (Wildman–Crippen MR) is 73.9 cm³/mol. The maximum atomic E-state index is 13.1. The van der Waals surface area contributed by atoms with E-state index in [1.807, 2.05) is 13.8 Å². The van der Waals surface area contributed by atoms with E-state index >= 15 is 0 Å². The fraction of sp³-hybridized carbons (Fsp3) is 1.00. The Morgan fingerprint density at radius 1 is 0.850 bits per heavy atom. The molecule has 6 heteroatoms. The van der Waals surface area contributed by atoms with E-state index in [0.717, 1.165) is 0 Å². The van der Waals surface area contributed by atoms with Gasteiger partial charge in [-0.25, -0.2) is 8.78 Å². The number of hydrogen-bond donors (Lipinski definition) is 0. The van der Waals surface area contributed by atoms with E-state index in [4.69, 9.17) is 8.37 Å². The summed E-state index contributed by atoms with van der Waals surface area (Å²) in [4.78, 5) is 0. The predicted octanol–water partition coefficient (Wildman–Crippen LogP) is 3.94. The van der Waals surface area contributed by atoms with Crippen LogP contribution in [0.25, 0.3) is 0 Å². The van der Waals surface area contributed by atoms with Crippen molar-refractivity contribution in [3.05, 3.63) is 0 Å². The maximum absolute atomic E-state index is 13.1. The summed E-state index contributed by atoms with van der Waals surface area (Å²) < 4.78 is 49.3. The van der Waals surface area contributed by atoms with Crippen molar-refractivity contribution >= 4 is 11.4 Å². The minimum absolute atomic E-state index is 0.439. The highest BCUT2D eigenvalue weighted by Crippen LogP contribution is 2.37. The molecular formula is C14H24F2O3S. The van der Waals surface area contributed by atoms with Crippen molar-refractivity contribution in [2.75, 3.05) is 0 Å². The van der Waals surface area contributed by atoms with Gasteiger partial charge in [0.1, 0.15) is 12.3 Å². The maximum Gasteiger partial charge on any atom is 0.305 e. The largest absolute Gasteiger partial charge is 0.305 e. The van der Waals surface area contributed by atoms with Gasteiger partial charge in [0.15, 0.2) is 0 Å². The lowest BCUT2D eigenvalue weighted by molar-refractivity contribution is -0.0115. The molecule has 2 fully saturated rings. The molecule has 0 N–H and O–H groups in total. The molecule has 2 saturated carbocycles. The normalized spacial score (nSPS) is 44.2. The molecule has 0 aromatic carbocycles. The highest BCUT2D eigenvalue weighted by molar-refractivity contribution is 7.75. The Morgan fingerprint density at radius 2 is 1.15 bits per heavy atom. The third-order valence-electron chi connectivity index (χ3n) is 4.48. The van der Waals surface area contributed by atoms with Gasteiger partial charge in [-0.1, -0.05) is 0 Å². The van der Waals surface area contributed by atoms with E-state index in [-0.39, 0.29) is 0 Å². The zero-order valence-corrected chi connectivity index (χ0v) is 13.0. The van der Waals surface area contributed by atoms with Crippen molar-refractivity contribution in [2.24, 2.45) is 0 Å². The van der Waals surface area contributed by atoms with Crippen molar-refractivity contribution in [1.82, 2.24) is 0 Å². The van der Waals surface area contributed by atoms with Crippen LogP contribution in [0.3, 0.4) is 0 Å². The van der Waals surface area contributed by atoms with Crippen molar-refractivity contribution < 1.29 is 21.4 Å². The number of alkyl halides is 2. The van der Waals surface area contributed by atoms with Crippen LogP contribution in [0.1, 0.15) is 65.2 Å². The Morgan fingerprint density at radius 3 is 1.45 bits per heavy atom. The highest BCUT2D eigenvalue weighted by atomic mass is 32.2. The van der Waals surface area contributed by atoms with Gasteiger partial charge in [-0.15, -0.1) is 0 Å². The van der Waals surface area contributed by atoms with Crippen LogP contribution in [-0.2, 0) is 19.7 Å². The second-order valence-electron chi connectivity index (χ2n) is 6.62. The van der Waals surface area contributed by atoms with Crippen LogP contribution >= 0.6 is 0 Å². The summed E-state index contributed by atoms with van der Waals surface area (Å²) in [5, 5.41) is 0. The summed E-state index contributed by atoms with van der Waals surface area (Å²) in [6.07, 6.45) is 2.39.